The second kappa shape index (κ2) is 8.21. The molecule has 0 bridgehead atoms. The Morgan fingerprint density at radius 2 is 2.18 bits per heavy atom. The second-order valence-electron chi connectivity index (χ2n) is 5.07. The molecule has 0 radical (unpaired) electrons. The maximum atomic E-state index is 11.9. The number of nitrogens with zero attached hydrogens (tertiary/aromatic N) is 3. The van der Waals surface area contributed by atoms with Crippen molar-refractivity contribution in [3.8, 4) is 0 Å². The molecule has 9 heteroatoms. The smallest absolute Gasteiger partial charge is 0.226 e. The molecule has 0 aliphatic carbocycles. The van der Waals surface area contributed by atoms with Crippen LogP contribution in [-0.2, 0) is 11.2 Å². The molecular formula is C13H19ClN6OS. The maximum Gasteiger partial charge on any atom is 0.226 e. The molecule has 0 spiro atoms. The predicted molar refractivity (Wildman–Crippen MR) is 87.5 cm³/mol. The first-order valence-electron chi connectivity index (χ1n) is 7.12. The molecule has 1 aliphatic heterocycles. The van der Waals surface area contributed by atoms with Crippen LogP contribution in [0.1, 0.15) is 35.9 Å². The molecule has 2 aromatic heterocycles. The summed E-state index contributed by atoms with van der Waals surface area (Å²) in [6.07, 6.45) is 6.55. The van der Waals surface area contributed by atoms with Gasteiger partial charge in [-0.25, -0.2) is 9.97 Å². The lowest BCUT2D eigenvalue weighted by atomic mass is 9.97. The Kier molecular flexibility index (Phi) is 6.29. The summed E-state index contributed by atoms with van der Waals surface area (Å²) < 4.78 is 0. The highest BCUT2D eigenvalue weighted by Crippen LogP contribution is 2.31. The molecule has 1 amide bonds. The Morgan fingerprint density at radius 1 is 1.36 bits per heavy atom. The van der Waals surface area contributed by atoms with Crippen LogP contribution in [0.5, 0.6) is 0 Å². The Balaban J connectivity index is 0.00000176. The van der Waals surface area contributed by atoms with Gasteiger partial charge in [-0.3, -0.25) is 9.89 Å². The van der Waals surface area contributed by atoms with Crippen LogP contribution in [0, 0.1) is 0 Å². The molecule has 0 unspecified atom stereocenters. The summed E-state index contributed by atoms with van der Waals surface area (Å²) in [4.78, 5) is 21.4. The summed E-state index contributed by atoms with van der Waals surface area (Å²) in [7, 11) is 0. The number of aryl methyl sites for hydroxylation is 1. The molecule has 1 aliphatic rings. The van der Waals surface area contributed by atoms with Gasteiger partial charge in [0.2, 0.25) is 5.91 Å². The van der Waals surface area contributed by atoms with Crippen molar-refractivity contribution >= 4 is 34.8 Å². The number of H-pyrrole nitrogens is 1. The lowest BCUT2D eigenvalue weighted by molar-refractivity contribution is -0.116. The number of piperidine rings is 1. The molecule has 0 aromatic carbocycles. The zero-order valence-corrected chi connectivity index (χ0v) is 13.7. The van der Waals surface area contributed by atoms with Crippen LogP contribution >= 0.6 is 23.7 Å². The molecule has 3 N–H and O–H groups in total. The molecule has 22 heavy (non-hydrogen) atoms. The Labute approximate surface area is 138 Å². The minimum absolute atomic E-state index is 0. The van der Waals surface area contributed by atoms with E-state index < -0.39 is 0 Å². The van der Waals surface area contributed by atoms with Crippen molar-refractivity contribution in [2.75, 3.05) is 18.4 Å². The van der Waals surface area contributed by atoms with Crippen LogP contribution in [-0.4, -0.2) is 39.2 Å². The molecule has 1 saturated heterocycles. The lowest BCUT2D eigenvalue weighted by Gasteiger charge is -2.20. The summed E-state index contributed by atoms with van der Waals surface area (Å²) in [6, 6.07) is 0. The number of rotatable bonds is 5. The van der Waals surface area contributed by atoms with E-state index in [2.05, 4.69) is 30.8 Å². The van der Waals surface area contributed by atoms with Crippen molar-refractivity contribution in [3.05, 3.63) is 23.2 Å². The van der Waals surface area contributed by atoms with Gasteiger partial charge in [0.15, 0.2) is 5.13 Å². The van der Waals surface area contributed by atoms with Gasteiger partial charge in [0, 0.05) is 23.9 Å². The molecule has 3 rings (SSSR count). The SMILES string of the molecule is Cl.O=C(CCc1ncn[nH]1)Nc1ncc(C2CCNCC2)s1. The highest BCUT2D eigenvalue weighted by molar-refractivity contribution is 7.15. The van der Waals surface area contributed by atoms with E-state index in [-0.39, 0.29) is 18.3 Å². The van der Waals surface area contributed by atoms with Gasteiger partial charge in [-0.1, -0.05) is 0 Å². The number of carbonyl (C=O) groups excluding carboxylic acids is 1. The van der Waals surface area contributed by atoms with E-state index in [0.29, 0.717) is 23.9 Å². The van der Waals surface area contributed by atoms with Gasteiger partial charge < -0.3 is 10.6 Å². The van der Waals surface area contributed by atoms with Crippen molar-refractivity contribution in [2.24, 2.45) is 0 Å². The van der Waals surface area contributed by atoms with Crippen molar-refractivity contribution in [1.29, 1.82) is 0 Å². The number of hydrogen-bond acceptors (Lipinski definition) is 6. The lowest BCUT2D eigenvalue weighted by Crippen LogP contribution is -2.26. The van der Waals surface area contributed by atoms with Gasteiger partial charge in [-0.2, -0.15) is 5.10 Å². The number of amides is 1. The average molecular weight is 343 g/mol. The van der Waals surface area contributed by atoms with Gasteiger partial charge in [0.05, 0.1) is 0 Å². The van der Waals surface area contributed by atoms with Gasteiger partial charge >= 0.3 is 0 Å². The van der Waals surface area contributed by atoms with E-state index >= 15 is 0 Å². The van der Waals surface area contributed by atoms with Gasteiger partial charge in [0.1, 0.15) is 12.2 Å². The third kappa shape index (κ3) is 4.49. The first kappa shape index (κ1) is 16.9. The Hall–Kier alpha value is -1.51. The van der Waals surface area contributed by atoms with Crippen molar-refractivity contribution in [3.63, 3.8) is 0 Å². The van der Waals surface area contributed by atoms with E-state index in [1.54, 1.807) is 11.3 Å². The summed E-state index contributed by atoms with van der Waals surface area (Å²) >= 11 is 1.58. The number of aromatic amines is 1. The van der Waals surface area contributed by atoms with Crippen LogP contribution in [0.3, 0.4) is 0 Å². The van der Waals surface area contributed by atoms with Crippen LogP contribution < -0.4 is 10.6 Å². The average Bonchev–Trinajstić information content (AvgIpc) is 3.17. The van der Waals surface area contributed by atoms with Gasteiger partial charge in [-0.15, -0.1) is 23.7 Å². The molecule has 0 atom stereocenters. The highest BCUT2D eigenvalue weighted by atomic mass is 35.5. The molecule has 2 aromatic rings. The Bertz CT molecular complexity index is 581. The number of hydrogen-bond donors (Lipinski definition) is 3. The van der Waals surface area contributed by atoms with E-state index in [0.717, 1.165) is 31.8 Å². The van der Waals surface area contributed by atoms with Crippen LogP contribution in [0.4, 0.5) is 5.13 Å². The topological polar surface area (TPSA) is 95.6 Å². The number of nitrogens with one attached hydrogen (secondary N) is 3. The van der Waals surface area contributed by atoms with Crippen LogP contribution in [0.2, 0.25) is 0 Å². The summed E-state index contributed by atoms with van der Waals surface area (Å²) in [5.74, 6) is 1.25. The standard InChI is InChI=1S/C13H18N6OS.ClH/c20-12(2-1-11-16-8-17-19-11)18-13-15-7-10(21-13)9-3-5-14-6-4-9;/h7-9,14H,1-6H2,(H,15,18,20)(H,16,17,19);1H. The predicted octanol–water partition coefficient (Wildman–Crippen LogP) is 1.72. The van der Waals surface area contributed by atoms with Gasteiger partial charge in [-0.05, 0) is 31.8 Å². The van der Waals surface area contributed by atoms with E-state index in [1.165, 1.54) is 11.2 Å². The van der Waals surface area contributed by atoms with Crippen molar-refractivity contribution in [1.82, 2.24) is 25.5 Å². The third-order valence-corrected chi connectivity index (χ3v) is 4.64. The first-order valence-corrected chi connectivity index (χ1v) is 7.93. The zero-order chi connectivity index (χ0) is 14.5. The van der Waals surface area contributed by atoms with E-state index in [4.69, 9.17) is 0 Å². The number of aromatic nitrogens is 4. The zero-order valence-electron chi connectivity index (χ0n) is 12.0. The summed E-state index contributed by atoms with van der Waals surface area (Å²) in [6.45, 7) is 2.11. The normalized spacial score (nSPS) is 15.3. The van der Waals surface area contributed by atoms with E-state index in [9.17, 15) is 4.79 Å². The summed E-state index contributed by atoms with van der Waals surface area (Å²) in [5, 5.41) is 13.4. The first-order chi connectivity index (χ1) is 10.3. The fourth-order valence-electron chi connectivity index (χ4n) is 2.40. The largest absolute Gasteiger partial charge is 0.317 e. The van der Waals surface area contributed by atoms with Crippen LogP contribution in [0.25, 0.3) is 0 Å². The molecule has 3 heterocycles. The quantitative estimate of drug-likeness (QED) is 0.769. The molecular weight excluding hydrogens is 324 g/mol. The van der Waals surface area contributed by atoms with Crippen molar-refractivity contribution in [2.45, 2.75) is 31.6 Å². The minimum atomic E-state index is -0.0439. The fraction of sp³-hybridized carbons (Fsp3) is 0.538. The van der Waals surface area contributed by atoms with E-state index in [1.807, 2.05) is 6.20 Å². The third-order valence-electron chi connectivity index (χ3n) is 3.57. The van der Waals surface area contributed by atoms with Crippen LogP contribution in [0.15, 0.2) is 12.5 Å². The molecule has 1 fully saturated rings. The fourth-order valence-corrected chi connectivity index (χ4v) is 3.41. The monoisotopic (exact) mass is 342 g/mol. The van der Waals surface area contributed by atoms with Crippen molar-refractivity contribution < 1.29 is 4.79 Å². The number of halogens is 1. The molecule has 0 saturated carbocycles. The molecule has 120 valence electrons. The summed E-state index contributed by atoms with van der Waals surface area (Å²) in [5.41, 5.74) is 0. The highest BCUT2D eigenvalue weighted by Gasteiger charge is 2.18. The maximum absolute atomic E-state index is 11.9. The second-order valence-corrected chi connectivity index (χ2v) is 6.13. The minimum Gasteiger partial charge on any atom is -0.317 e. The number of anilines is 1. The Morgan fingerprint density at radius 3 is 2.91 bits per heavy atom. The van der Waals surface area contributed by atoms with Gasteiger partial charge in [0.25, 0.3) is 0 Å². The number of thiazole rings is 1. The molecule has 7 nitrogen and oxygen atoms in total. The number of carbonyl (C=O) groups is 1.